The van der Waals surface area contributed by atoms with Crippen molar-refractivity contribution in [2.45, 2.75) is 51.0 Å². The minimum absolute atomic E-state index is 0.0620. The van der Waals surface area contributed by atoms with Gasteiger partial charge in [-0.3, -0.25) is 14.4 Å². The highest BCUT2D eigenvalue weighted by atomic mass is 16.5. The Morgan fingerprint density at radius 3 is 2.54 bits per heavy atom. The van der Waals surface area contributed by atoms with E-state index in [1.54, 1.807) is 23.1 Å². The van der Waals surface area contributed by atoms with Crippen molar-refractivity contribution < 1.29 is 19.1 Å². The second kappa shape index (κ2) is 8.21. The number of rotatable bonds is 4. The van der Waals surface area contributed by atoms with E-state index in [2.05, 4.69) is 10.6 Å². The summed E-state index contributed by atoms with van der Waals surface area (Å²) in [5.41, 5.74) is 1.14. The fraction of sp³-hybridized carbons (Fsp3) is 0.526. The van der Waals surface area contributed by atoms with Crippen LogP contribution in [0.15, 0.2) is 18.2 Å². The smallest absolute Gasteiger partial charge is 0.313 e. The summed E-state index contributed by atoms with van der Waals surface area (Å²) in [5, 5.41) is 5.39. The molecule has 0 bridgehead atoms. The zero-order valence-electron chi connectivity index (χ0n) is 15.0. The minimum atomic E-state index is -0.692. The van der Waals surface area contributed by atoms with Crippen molar-refractivity contribution in [3.05, 3.63) is 18.2 Å². The van der Waals surface area contributed by atoms with Crippen LogP contribution in [0, 0.1) is 0 Å². The second-order valence-electron chi connectivity index (χ2n) is 6.80. The predicted molar refractivity (Wildman–Crippen MR) is 98.2 cm³/mol. The Hall–Kier alpha value is -2.57. The number of amides is 3. The molecule has 1 heterocycles. The van der Waals surface area contributed by atoms with Crippen LogP contribution in [0.3, 0.4) is 0 Å². The van der Waals surface area contributed by atoms with Gasteiger partial charge in [-0.2, -0.15) is 0 Å². The molecule has 26 heavy (non-hydrogen) atoms. The molecule has 0 unspecified atom stereocenters. The van der Waals surface area contributed by atoms with Crippen molar-refractivity contribution in [3.8, 4) is 5.75 Å². The van der Waals surface area contributed by atoms with Crippen LogP contribution in [0.2, 0.25) is 0 Å². The fourth-order valence-corrected chi connectivity index (χ4v) is 3.57. The Labute approximate surface area is 153 Å². The summed E-state index contributed by atoms with van der Waals surface area (Å²) in [5.74, 6) is -0.755. The van der Waals surface area contributed by atoms with E-state index in [0.717, 1.165) is 32.1 Å². The summed E-state index contributed by atoms with van der Waals surface area (Å²) in [7, 11) is 1.51. The van der Waals surface area contributed by atoms with Gasteiger partial charge < -0.3 is 20.3 Å². The summed E-state index contributed by atoms with van der Waals surface area (Å²) in [6.07, 6.45) is 6.55. The topological polar surface area (TPSA) is 87.7 Å². The maximum atomic E-state index is 12.2. The van der Waals surface area contributed by atoms with E-state index in [0.29, 0.717) is 30.1 Å². The van der Waals surface area contributed by atoms with Gasteiger partial charge in [-0.15, -0.1) is 0 Å². The van der Waals surface area contributed by atoms with Crippen molar-refractivity contribution in [1.29, 1.82) is 0 Å². The van der Waals surface area contributed by atoms with E-state index in [1.807, 2.05) is 0 Å². The van der Waals surface area contributed by atoms with E-state index in [1.165, 1.54) is 13.5 Å². The molecule has 3 amide bonds. The lowest BCUT2D eigenvalue weighted by atomic mass is 9.95. The van der Waals surface area contributed by atoms with Gasteiger partial charge in [0.2, 0.25) is 5.91 Å². The number of hydrogen-bond donors (Lipinski definition) is 2. The van der Waals surface area contributed by atoms with E-state index in [4.69, 9.17) is 4.74 Å². The quantitative estimate of drug-likeness (QED) is 0.807. The SMILES string of the molecule is COc1cc(NC(=O)C(=O)NC2CCCCC2)ccc1N1CCCC1=O. The van der Waals surface area contributed by atoms with Gasteiger partial charge in [-0.25, -0.2) is 0 Å². The molecule has 0 aromatic heterocycles. The summed E-state index contributed by atoms with van der Waals surface area (Å²) in [4.78, 5) is 37.8. The highest BCUT2D eigenvalue weighted by Gasteiger charge is 2.25. The largest absolute Gasteiger partial charge is 0.494 e. The molecule has 1 saturated carbocycles. The van der Waals surface area contributed by atoms with Crippen LogP contribution in [-0.4, -0.2) is 37.4 Å². The van der Waals surface area contributed by atoms with Crippen molar-refractivity contribution in [1.82, 2.24) is 5.32 Å². The highest BCUT2D eigenvalue weighted by molar-refractivity contribution is 6.39. The average Bonchev–Trinajstić information content (AvgIpc) is 3.08. The van der Waals surface area contributed by atoms with Crippen LogP contribution >= 0.6 is 0 Å². The minimum Gasteiger partial charge on any atom is -0.494 e. The number of ether oxygens (including phenoxy) is 1. The van der Waals surface area contributed by atoms with Gasteiger partial charge in [0.25, 0.3) is 0 Å². The standard InChI is InChI=1S/C19H25N3O4/c1-26-16-12-14(9-10-15(16)22-11-5-8-17(22)23)21-19(25)18(24)20-13-6-3-2-4-7-13/h9-10,12-13H,2-8,11H2,1H3,(H,20,24)(H,21,25). The number of nitrogens with zero attached hydrogens (tertiary/aromatic N) is 1. The molecule has 1 aliphatic heterocycles. The van der Waals surface area contributed by atoms with E-state index in [-0.39, 0.29) is 11.9 Å². The third kappa shape index (κ3) is 4.15. The lowest BCUT2D eigenvalue weighted by Crippen LogP contribution is -2.42. The van der Waals surface area contributed by atoms with Gasteiger partial charge in [0.15, 0.2) is 0 Å². The number of benzene rings is 1. The zero-order chi connectivity index (χ0) is 18.5. The molecule has 140 valence electrons. The number of hydrogen-bond acceptors (Lipinski definition) is 4. The van der Waals surface area contributed by atoms with Gasteiger partial charge in [0.05, 0.1) is 12.8 Å². The molecular formula is C19H25N3O4. The summed E-state index contributed by atoms with van der Waals surface area (Å²) in [6.45, 7) is 0.657. The van der Waals surface area contributed by atoms with Gasteiger partial charge in [-0.1, -0.05) is 19.3 Å². The van der Waals surface area contributed by atoms with Gasteiger partial charge in [-0.05, 0) is 31.4 Å². The van der Waals surface area contributed by atoms with Crippen molar-refractivity contribution in [2.24, 2.45) is 0 Å². The molecule has 1 aromatic rings. The fourth-order valence-electron chi connectivity index (χ4n) is 3.57. The first-order valence-electron chi connectivity index (χ1n) is 9.18. The number of methoxy groups -OCH3 is 1. The maximum Gasteiger partial charge on any atom is 0.313 e. The Kier molecular flexibility index (Phi) is 5.75. The van der Waals surface area contributed by atoms with Gasteiger partial charge in [0, 0.05) is 30.8 Å². The van der Waals surface area contributed by atoms with Crippen LogP contribution in [0.1, 0.15) is 44.9 Å². The molecule has 0 radical (unpaired) electrons. The van der Waals surface area contributed by atoms with Crippen molar-refractivity contribution >= 4 is 29.1 Å². The number of carbonyl (C=O) groups excluding carboxylic acids is 3. The number of carbonyl (C=O) groups is 3. The van der Waals surface area contributed by atoms with Crippen molar-refractivity contribution in [2.75, 3.05) is 23.9 Å². The third-order valence-corrected chi connectivity index (χ3v) is 4.95. The average molecular weight is 359 g/mol. The predicted octanol–water partition coefficient (Wildman–Crippen LogP) is 2.21. The molecule has 2 aliphatic rings. The molecule has 3 rings (SSSR count). The van der Waals surface area contributed by atoms with Crippen LogP contribution in [0.25, 0.3) is 0 Å². The monoisotopic (exact) mass is 359 g/mol. The Morgan fingerprint density at radius 2 is 1.88 bits per heavy atom. The van der Waals surface area contributed by atoms with E-state index in [9.17, 15) is 14.4 Å². The molecular weight excluding hydrogens is 334 g/mol. The third-order valence-electron chi connectivity index (χ3n) is 4.95. The number of anilines is 2. The first kappa shape index (κ1) is 18.2. The van der Waals surface area contributed by atoms with E-state index < -0.39 is 11.8 Å². The first-order chi connectivity index (χ1) is 12.6. The zero-order valence-corrected chi connectivity index (χ0v) is 15.0. The molecule has 0 atom stereocenters. The summed E-state index contributed by atoms with van der Waals surface area (Å²) in [6, 6.07) is 5.12. The molecule has 7 heteroatoms. The molecule has 1 saturated heterocycles. The van der Waals surface area contributed by atoms with Gasteiger partial charge in [0.1, 0.15) is 5.75 Å². The lowest BCUT2D eigenvalue weighted by Gasteiger charge is -2.22. The van der Waals surface area contributed by atoms with Crippen molar-refractivity contribution in [3.63, 3.8) is 0 Å². The summed E-state index contributed by atoms with van der Waals surface area (Å²) >= 11 is 0. The molecule has 7 nitrogen and oxygen atoms in total. The van der Waals surface area contributed by atoms with Crippen LogP contribution in [-0.2, 0) is 14.4 Å². The molecule has 1 aliphatic carbocycles. The first-order valence-corrected chi connectivity index (χ1v) is 9.18. The van der Waals surface area contributed by atoms with Crippen LogP contribution in [0.4, 0.5) is 11.4 Å². The number of nitrogens with one attached hydrogen (secondary N) is 2. The Balaban J connectivity index is 1.64. The van der Waals surface area contributed by atoms with Gasteiger partial charge >= 0.3 is 11.8 Å². The molecule has 1 aromatic carbocycles. The molecule has 2 fully saturated rings. The maximum absolute atomic E-state index is 12.2. The van der Waals surface area contributed by atoms with Crippen LogP contribution in [0.5, 0.6) is 5.75 Å². The van der Waals surface area contributed by atoms with Crippen LogP contribution < -0.4 is 20.3 Å². The highest BCUT2D eigenvalue weighted by Crippen LogP contribution is 2.33. The lowest BCUT2D eigenvalue weighted by molar-refractivity contribution is -0.136. The molecule has 0 spiro atoms. The molecule has 2 N–H and O–H groups in total. The normalized spacial score (nSPS) is 17.9. The Morgan fingerprint density at radius 1 is 1.12 bits per heavy atom. The van der Waals surface area contributed by atoms with E-state index >= 15 is 0 Å². The summed E-state index contributed by atoms with van der Waals surface area (Å²) < 4.78 is 5.36. The Bertz CT molecular complexity index is 698. The second-order valence-corrected chi connectivity index (χ2v) is 6.80.